The Morgan fingerprint density at radius 3 is 2.44 bits per heavy atom. The van der Waals surface area contributed by atoms with Crippen molar-refractivity contribution in [2.45, 2.75) is 45.1 Å². The Morgan fingerprint density at radius 2 is 1.89 bits per heavy atom. The molecule has 0 aliphatic rings. The van der Waals surface area contributed by atoms with Gasteiger partial charge in [0.05, 0.1) is 18.5 Å². The van der Waals surface area contributed by atoms with E-state index in [1.807, 2.05) is 0 Å². The Morgan fingerprint density at radius 1 is 1.17 bits per heavy atom. The molecule has 0 aliphatic heterocycles. The zero-order valence-corrected chi connectivity index (χ0v) is 10.5. The summed E-state index contributed by atoms with van der Waals surface area (Å²) in [7, 11) is 0. The summed E-state index contributed by atoms with van der Waals surface area (Å²) < 4.78 is 0. The van der Waals surface area contributed by atoms with E-state index in [1.165, 1.54) is 12.2 Å². The van der Waals surface area contributed by atoms with E-state index in [0.29, 0.717) is 38.6 Å². The Labute approximate surface area is 106 Å². The van der Waals surface area contributed by atoms with E-state index in [-0.39, 0.29) is 6.04 Å². The largest absolute Gasteiger partial charge is 0.481 e. The van der Waals surface area contributed by atoms with Gasteiger partial charge in [0.25, 0.3) is 0 Å². The van der Waals surface area contributed by atoms with E-state index < -0.39 is 11.9 Å². The molecule has 0 saturated heterocycles. The number of carboxylic acid groups (broad SMARTS) is 1. The lowest BCUT2D eigenvalue weighted by Crippen LogP contribution is -2.15. The molecular weight excluding hydrogens is 236 g/mol. The van der Waals surface area contributed by atoms with Crippen molar-refractivity contribution < 1.29 is 19.5 Å². The number of carbonyl (C=O) groups is 1. The third-order valence-corrected chi connectivity index (χ3v) is 2.69. The van der Waals surface area contributed by atoms with Crippen molar-refractivity contribution >= 4 is 18.1 Å². The summed E-state index contributed by atoms with van der Waals surface area (Å²) in [6, 6.07) is -0.191. The summed E-state index contributed by atoms with van der Waals surface area (Å²) in [4.78, 5) is 37.8. The van der Waals surface area contributed by atoms with E-state index in [0.717, 1.165) is 0 Å². The second-order valence-corrected chi connectivity index (χ2v) is 4.15. The van der Waals surface area contributed by atoms with Crippen LogP contribution in [0, 0.1) is 5.92 Å². The highest BCUT2D eigenvalue weighted by atomic mass is 16.4. The molecule has 2 atom stereocenters. The maximum Gasteiger partial charge on any atom is 0.306 e. The van der Waals surface area contributed by atoms with Crippen LogP contribution in [-0.4, -0.2) is 35.8 Å². The molecule has 0 rings (SSSR count). The third-order valence-electron chi connectivity index (χ3n) is 2.69. The average Bonchev–Trinajstić information content (AvgIpc) is 2.32. The van der Waals surface area contributed by atoms with E-state index in [9.17, 15) is 14.4 Å². The van der Waals surface area contributed by atoms with Crippen molar-refractivity contribution in [1.82, 2.24) is 0 Å². The van der Waals surface area contributed by atoms with Crippen molar-refractivity contribution in [2.75, 3.05) is 6.54 Å². The molecular formula is C12H18N2O4. The quantitative estimate of drug-likeness (QED) is 0.364. The van der Waals surface area contributed by atoms with Gasteiger partial charge in [-0.05, 0) is 32.6 Å². The van der Waals surface area contributed by atoms with Crippen LogP contribution >= 0.6 is 0 Å². The van der Waals surface area contributed by atoms with Gasteiger partial charge in [0, 0.05) is 0 Å². The van der Waals surface area contributed by atoms with Crippen LogP contribution < -0.4 is 0 Å². The van der Waals surface area contributed by atoms with Crippen LogP contribution in [0.2, 0.25) is 0 Å². The highest BCUT2D eigenvalue weighted by Crippen LogP contribution is 2.17. The van der Waals surface area contributed by atoms with Gasteiger partial charge in [-0.3, -0.25) is 4.79 Å². The van der Waals surface area contributed by atoms with Crippen molar-refractivity contribution in [2.24, 2.45) is 15.9 Å². The predicted molar refractivity (Wildman–Crippen MR) is 64.8 cm³/mol. The first kappa shape index (κ1) is 16.2. The maximum atomic E-state index is 11.0. The molecule has 6 heteroatoms. The van der Waals surface area contributed by atoms with Gasteiger partial charge >= 0.3 is 5.97 Å². The summed E-state index contributed by atoms with van der Waals surface area (Å²) in [5, 5.41) is 9.02. The van der Waals surface area contributed by atoms with E-state index >= 15 is 0 Å². The average molecular weight is 254 g/mol. The number of isocyanates is 2. The second-order valence-electron chi connectivity index (χ2n) is 4.15. The fraction of sp³-hybridized carbons (Fsp3) is 0.750. The molecule has 0 bridgehead atoms. The van der Waals surface area contributed by atoms with Crippen LogP contribution in [0.25, 0.3) is 0 Å². The lowest BCUT2D eigenvalue weighted by molar-refractivity contribution is -0.142. The van der Waals surface area contributed by atoms with Crippen LogP contribution in [-0.2, 0) is 14.4 Å². The van der Waals surface area contributed by atoms with Crippen LogP contribution in [0.1, 0.15) is 39.0 Å². The molecule has 1 N–H and O–H groups in total. The Hall–Kier alpha value is -1.77. The number of carboxylic acids is 1. The smallest absolute Gasteiger partial charge is 0.306 e. The second kappa shape index (κ2) is 10.4. The fourth-order valence-corrected chi connectivity index (χ4v) is 1.62. The summed E-state index contributed by atoms with van der Waals surface area (Å²) in [6.45, 7) is 2.14. The molecule has 0 aromatic heterocycles. The predicted octanol–water partition coefficient (Wildman–Crippen LogP) is 1.70. The molecule has 6 nitrogen and oxygen atoms in total. The van der Waals surface area contributed by atoms with Gasteiger partial charge in [-0.1, -0.05) is 6.42 Å². The number of aliphatic carboxylic acids is 1. The maximum absolute atomic E-state index is 11.0. The van der Waals surface area contributed by atoms with E-state index in [2.05, 4.69) is 9.98 Å². The lowest BCUT2D eigenvalue weighted by Gasteiger charge is -2.12. The highest BCUT2D eigenvalue weighted by Gasteiger charge is 2.17. The normalized spacial score (nSPS) is 12.9. The Balaban J connectivity index is 3.95. The lowest BCUT2D eigenvalue weighted by atomic mass is 9.95. The molecule has 100 valence electrons. The number of carbonyl (C=O) groups excluding carboxylic acids is 2. The van der Waals surface area contributed by atoms with Crippen LogP contribution in [0.3, 0.4) is 0 Å². The minimum Gasteiger partial charge on any atom is -0.481 e. The van der Waals surface area contributed by atoms with Gasteiger partial charge in [0.2, 0.25) is 12.2 Å². The topological polar surface area (TPSA) is 96.2 Å². The van der Waals surface area contributed by atoms with Crippen LogP contribution in [0.5, 0.6) is 0 Å². The van der Waals surface area contributed by atoms with Gasteiger partial charge in [-0.15, -0.1) is 0 Å². The van der Waals surface area contributed by atoms with Gasteiger partial charge in [0.1, 0.15) is 0 Å². The molecule has 0 saturated carbocycles. The summed E-state index contributed by atoms with van der Waals surface area (Å²) >= 11 is 0. The standard InChI is InChI=1S/C12H18N2O4/c1-10(14-9-16)5-6-11(12(17)18)4-2-3-7-13-8-15/h10-11H,2-7H2,1H3,(H,17,18). The summed E-state index contributed by atoms with van der Waals surface area (Å²) in [6.07, 6.45) is 5.87. The van der Waals surface area contributed by atoms with Gasteiger partial charge < -0.3 is 5.11 Å². The molecule has 0 radical (unpaired) electrons. The minimum atomic E-state index is -0.837. The van der Waals surface area contributed by atoms with Gasteiger partial charge in [0.15, 0.2) is 0 Å². The first-order valence-corrected chi connectivity index (χ1v) is 5.95. The van der Waals surface area contributed by atoms with Gasteiger partial charge in [-0.25, -0.2) is 19.6 Å². The minimum absolute atomic E-state index is 0.191. The SMILES string of the molecule is CC(CCC(CCCCN=C=O)C(=O)O)N=C=O. The highest BCUT2D eigenvalue weighted by molar-refractivity contribution is 5.69. The molecule has 0 heterocycles. The zero-order valence-electron chi connectivity index (χ0n) is 10.5. The van der Waals surface area contributed by atoms with Crippen LogP contribution in [0.15, 0.2) is 9.98 Å². The molecule has 0 spiro atoms. The molecule has 2 unspecified atom stereocenters. The molecule has 0 amide bonds. The third kappa shape index (κ3) is 8.39. The van der Waals surface area contributed by atoms with Crippen molar-refractivity contribution in [3.63, 3.8) is 0 Å². The summed E-state index contributed by atoms with van der Waals surface area (Å²) in [5.41, 5.74) is 0. The first-order chi connectivity index (χ1) is 8.61. The zero-order chi connectivity index (χ0) is 13.8. The van der Waals surface area contributed by atoms with Crippen molar-refractivity contribution in [3.05, 3.63) is 0 Å². The fourth-order valence-electron chi connectivity index (χ4n) is 1.62. The molecule has 0 fully saturated rings. The number of aliphatic imine (C=N–C) groups is 2. The number of unbranched alkanes of at least 4 members (excludes halogenated alkanes) is 1. The number of hydrogen-bond acceptors (Lipinski definition) is 5. The number of nitrogens with zero attached hydrogens (tertiary/aromatic N) is 2. The van der Waals surface area contributed by atoms with Gasteiger partial charge in [-0.2, -0.15) is 0 Å². The van der Waals surface area contributed by atoms with Crippen molar-refractivity contribution in [1.29, 1.82) is 0 Å². The first-order valence-electron chi connectivity index (χ1n) is 5.95. The Kier molecular flexibility index (Phi) is 9.37. The molecule has 0 aliphatic carbocycles. The molecule has 0 aromatic rings. The Bertz CT molecular complexity index is 344. The monoisotopic (exact) mass is 254 g/mol. The number of hydrogen-bond donors (Lipinski definition) is 1. The molecule has 18 heavy (non-hydrogen) atoms. The van der Waals surface area contributed by atoms with Crippen molar-refractivity contribution in [3.8, 4) is 0 Å². The molecule has 0 aromatic carbocycles. The summed E-state index contributed by atoms with van der Waals surface area (Å²) in [5.74, 6) is -1.27. The van der Waals surface area contributed by atoms with E-state index in [4.69, 9.17) is 5.11 Å². The van der Waals surface area contributed by atoms with Crippen LogP contribution in [0.4, 0.5) is 0 Å². The number of rotatable bonds is 10. The van der Waals surface area contributed by atoms with E-state index in [1.54, 1.807) is 6.92 Å².